The molecule has 0 aliphatic heterocycles. The number of carbonyl (C=O) groups excluding carboxylic acids is 2. The fourth-order valence-electron chi connectivity index (χ4n) is 4.99. The summed E-state index contributed by atoms with van der Waals surface area (Å²) in [5.74, 6) is -1.07. The number of primary amides is 1. The summed E-state index contributed by atoms with van der Waals surface area (Å²) in [4.78, 5) is 29.9. The Morgan fingerprint density at radius 2 is 1.03 bits per heavy atom. The average Bonchev–Trinajstić information content (AvgIpc) is 2.78. The van der Waals surface area contributed by atoms with Gasteiger partial charge in [0.25, 0.3) is 5.91 Å². The summed E-state index contributed by atoms with van der Waals surface area (Å²) in [6, 6.07) is 0. The molecule has 0 fully saturated rings. The number of unbranched alkanes of at least 4 members (excludes halogenated alkanes) is 13. The third-order valence-electron chi connectivity index (χ3n) is 7.45. The molecule has 0 spiro atoms. The van der Waals surface area contributed by atoms with Crippen LogP contribution in [0, 0.1) is 5.41 Å². The Labute approximate surface area is 211 Å². The molecule has 0 saturated heterocycles. The van der Waals surface area contributed by atoms with Gasteiger partial charge in [-0.1, -0.05) is 137 Å². The van der Waals surface area contributed by atoms with Crippen LogP contribution in [0.15, 0.2) is 0 Å². The van der Waals surface area contributed by atoms with Crippen LogP contribution in [0.2, 0.25) is 0 Å². The largest absolute Gasteiger partial charge is 0.369 e. The van der Waals surface area contributed by atoms with Crippen molar-refractivity contribution in [2.45, 2.75) is 169 Å². The molecular weight excluding hydrogens is 424 g/mol. The molecular formula is C29H58N2O3. The maximum atomic E-state index is 12.3. The summed E-state index contributed by atoms with van der Waals surface area (Å²) < 4.78 is 0. The Bertz CT molecular complexity index is 522. The highest BCUT2D eigenvalue weighted by molar-refractivity contribution is 5.95. The van der Waals surface area contributed by atoms with Gasteiger partial charge in [0, 0.05) is 0 Å². The summed E-state index contributed by atoms with van der Waals surface area (Å²) >= 11 is 0. The fourth-order valence-corrected chi connectivity index (χ4v) is 4.99. The first-order chi connectivity index (χ1) is 16.2. The highest BCUT2D eigenvalue weighted by Crippen LogP contribution is 2.45. The third kappa shape index (κ3) is 15.0. The highest BCUT2D eigenvalue weighted by Gasteiger charge is 2.45. The first-order valence-electron chi connectivity index (χ1n) is 14.5. The van der Waals surface area contributed by atoms with Crippen LogP contribution in [-0.2, 0) is 14.4 Å². The zero-order valence-corrected chi connectivity index (χ0v) is 23.4. The van der Waals surface area contributed by atoms with Crippen LogP contribution in [0.4, 0.5) is 0 Å². The van der Waals surface area contributed by atoms with Crippen molar-refractivity contribution in [1.82, 2.24) is 5.48 Å². The molecule has 202 valence electrons. The maximum Gasteiger partial charge on any atom is 0.252 e. The van der Waals surface area contributed by atoms with Gasteiger partial charge in [0.2, 0.25) is 5.91 Å². The summed E-state index contributed by atoms with van der Waals surface area (Å²) in [5, 5.41) is 0. The molecule has 3 N–H and O–H groups in total. The average molecular weight is 483 g/mol. The van der Waals surface area contributed by atoms with Gasteiger partial charge in [-0.25, -0.2) is 5.48 Å². The van der Waals surface area contributed by atoms with E-state index in [0.29, 0.717) is 0 Å². The fraction of sp³-hybridized carbons (Fsp3) is 0.931. The minimum absolute atomic E-state index is 0.0760. The smallest absolute Gasteiger partial charge is 0.252 e. The Morgan fingerprint density at radius 3 is 1.47 bits per heavy atom. The number of nitrogens with one attached hydrogen (secondary N) is 1. The minimum atomic E-state index is -0.628. The summed E-state index contributed by atoms with van der Waals surface area (Å²) in [6.07, 6.45) is 22.3. The highest BCUT2D eigenvalue weighted by atomic mass is 16.7. The Hall–Kier alpha value is -1.10. The van der Waals surface area contributed by atoms with Crippen LogP contribution >= 0.6 is 0 Å². The molecule has 0 radical (unpaired) electrons. The quantitative estimate of drug-likeness (QED) is 0.0827. The van der Waals surface area contributed by atoms with Gasteiger partial charge < -0.3 is 5.73 Å². The molecule has 5 nitrogen and oxygen atoms in total. The summed E-state index contributed by atoms with van der Waals surface area (Å²) in [5.41, 5.74) is 7.37. The number of hydrogen-bond donors (Lipinski definition) is 2. The van der Waals surface area contributed by atoms with E-state index in [1.807, 2.05) is 0 Å². The Morgan fingerprint density at radius 1 is 0.647 bits per heavy atom. The van der Waals surface area contributed by atoms with E-state index in [1.165, 1.54) is 89.9 Å². The molecule has 0 saturated carbocycles. The molecule has 1 atom stereocenters. The maximum absolute atomic E-state index is 12.3. The Balaban J connectivity index is 5.38. The van der Waals surface area contributed by atoms with Crippen molar-refractivity contribution in [3.63, 3.8) is 0 Å². The van der Waals surface area contributed by atoms with Crippen molar-refractivity contribution >= 4 is 11.8 Å². The van der Waals surface area contributed by atoms with Gasteiger partial charge in [0.1, 0.15) is 12.0 Å². The van der Waals surface area contributed by atoms with Crippen molar-refractivity contribution in [3.8, 4) is 0 Å². The van der Waals surface area contributed by atoms with Crippen LogP contribution in [0.5, 0.6) is 0 Å². The molecule has 0 aliphatic carbocycles. The predicted molar refractivity (Wildman–Crippen MR) is 144 cm³/mol. The standard InChI is InChI=1S/C29H58N2O3/c1-6-9-12-15-17-19-22-28(4,5)29(23-20-14-11-8-3,24-21-18-16-13-10-7-2)34-31-27(33)25-26(30)32/h6-25H2,1-5H3,(H2,30,32)(H,31,33). The van der Waals surface area contributed by atoms with E-state index in [4.69, 9.17) is 10.6 Å². The monoisotopic (exact) mass is 482 g/mol. The number of nitrogens with two attached hydrogens (primary N) is 1. The third-order valence-corrected chi connectivity index (χ3v) is 7.45. The molecule has 5 heteroatoms. The van der Waals surface area contributed by atoms with Crippen molar-refractivity contribution in [2.75, 3.05) is 0 Å². The normalized spacial score (nSPS) is 13.6. The van der Waals surface area contributed by atoms with E-state index >= 15 is 0 Å². The molecule has 34 heavy (non-hydrogen) atoms. The van der Waals surface area contributed by atoms with E-state index in [9.17, 15) is 9.59 Å². The van der Waals surface area contributed by atoms with Crippen molar-refractivity contribution in [1.29, 1.82) is 0 Å². The molecule has 0 aliphatic rings. The predicted octanol–water partition coefficient (Wildman–Crippen LogP) is 8.15. The van der Waals surface area contributed by atoms with Crippen LogP contribution in [0.3, 0.4) is 0 Å². The topological polar surface area (TPSA) is 81.4 Å². The summed E-state index contributed by atoms with van der Waals surface area (Å²) in [7, 11) is 0. The number of hydrogen-bond acceptors (Lipinski definition) is 3. The first kappa shape index (κ1) is 32.9. The first-order valence-corrected chi connectivity index (χ1v) is 14.5. The van der Waals surface area contributed by atoms with Gasteiger partial charge in [-0.3, -0.25) is 14.4 Å². The van der Waals surface area contributed by atoms with Crippen molar-refractivity contribution in [2.24, 2.45) is 11.1 Å². The Kier molecular flexibility index (Phi) is 19.5. The second kappa shape index (κ2) is 20.1. The lowest BCUT2D eigenvalue weighted by Gasteiger charge is -2.46. The van der Waals surface area contributed by atoms with Crippen molar-refractivity contribution < 1.29 is 14.4 Å². The van der Waals surface area contributed by atoms with E-state index in [0.717, 1.165) is 32.1 Å². The lowest BCUT2D eigenvalue weighted by molar-refractivity contribution is -0.190. The van der Waals surface area contributed by atoms with Gasteiger partial charge in [0.15, 0.2) is 0 Å². The minimum Gasteiger partial charge on any atom is -0.369 e. The molecule has 0 rings (SSSR count). The molecule has 2 amide bonds. The van der Waals surface area contributed by atoms with Gasteiger partial charge >= 0.3 is 0 Å². The van der Waals surface area contributed by atoms with Crippen LogP contribution < -0.4 is 11.2 Å². The number of hydroxylamine groups is 1. The number of amides is 2. The molecule has 0 aromatic heterocycles. The molecule has 0 aromatic rings. The lowest BCUT2D eigenvalue weighted by atomic mass is 9.66. The van der Waals surface area contributed by atoms with Crippen molar-refractivity contribution in [3.05, 3.63) is 0 Å². The van der Waals surface area contributed by atoms with Gasteiger partial charge in [-0.05, 0) is 24.7 Å². The SMILES string of the molecule is CCCCCCCCC(C)(C)C(CCCCCC)(CCCCCCCC)ONC(=O)CC(N)=O. The zero-order chi connectivity index (χ0) is 25.7. The van der Waals surface area contributed by atoms with E-state index in [2.05, 4.69) is 40.1 Å². The van der Waals surface area contributed by atoms with Gasteiger partial charge in [0.05, 0.1) is 0 Å². The second-order valence-corrected chi connectivity index (χ2v) is 11.0. The van der Waals surface area contributed by atoms with Gasteiger partial charge in [-0.2, -0.15) is 0 Å². The molecule has 0 bridgehead atoms. The zero-order valence-electron chi connectivity index (χ0n) is 23.4. The molecule has 0 heterocycles. The second-order valence-electron chi connectivity index (χ2n) is 11.0. The number of carbonyl (C=O) groups is 2. The van der Waals surface area contributed by atoms with Crippen LogP contribution in [0.1, 0.15) is 163 Å². The lowest BCUT2D eigenvalue weighted by Crippen LogP contribution is -2.51. The van der Waals surface area contributed by atoms with E-state index in [-0.39, 0.29) is 11.8 Å². The van der Waals surface area contributed by atoms with Gasteiger partial charge in [-0.15, -0.1) is 0 Å². The van der Waals surface area contributed by atoms with E-state index in [1.54, 1.807) is 0 Å². The molecule has 1 unspecified atom stereocenters. The summed E-state index contributed by atoms with van der Waals surface area (Å²) in [6.45, 7) is 11.4. The number of rotatable bonds is 24. The van der Waals surface area contributed by atoms with Crippen LogP contribution in [0.25, 0.3) is 0 Å². The molecule has 0 aromatic carbocycles. The van der Waals surface area contributed by atoms with Crippen LogP contribution in [-0.4, -0.2) is 17.4 Å². The van der Waals surface area contributed by atoms with E-state index < -0.39 is 17.4 Å².